The fourth-order valence-corrected chi connectivity index (χ4v) is 2.92. The molecular formula is C12H25N5O2S. The lowest BCUT2D eigenvalue weighted by molar-refractivity contribution is 0.357. The molecule has 0 fully saturated rings. The highest BCUT2D eigenvalue weighted by molar-refractivity contribution is 7.89. The molecular weight excluding hydrogens is 278 g/mol. The van der Waals surface area contributed by atoms with Gasteiger partial charge in [0.2, 0.25) is 0 Å². The summed E-state index contributed by atoms with van der Waals surface area (Å²) in [5.74, 6) is 0. The van der Waals surface area contributed by atoms with Crippen LogP contribution in [0.3, 0.4) is 0 Å². The number of aromatic amines is 1. The quantitative estimate of drug-likeness (QED) is 0.632. The average molecular weight is 303 g/mol. The van der Waals surface area contributed by atoms with Gasteiger partial charge in [-0.1, -0.05) is 6.92 Å². The van der Waals surface area contributed by atoms with E-state index in [-0.39, 0.29) is 5.03 Å². The minimum absolute atomic E-state index is 0.183. The standard InChI is InChI=1S/C12H25N5O2S/c1-5-6-13-9-11-10-14-15-12(11)20(18,19)17(4)8-7-16(2)3/h10,13H,5-9H2,1-4H3,(H,14,15). The Kier molecular flexibility index (Phi) is 6.60. The average Bonchev–Trinajstić information content (AvgIpc) is 2.85. The van der Waals surface area contributed by atoms with Gasteiger partial charge < -0.3 is 10.2 Å². The van der Waals surface area contributed by atoms with Crippen LogP contribution in [-0.4, -0.2) is 68.6 Å². The number of rotatable bonds is 9. The summed E-state index contributed by atoms with van der Waals surface area (Å²) in [6.45, 7) is 4.53. The Morgan fingerprint density at radius 2 is 2.00 bits per heavy atom. The highest BCUT2D eigenvalue weighted by Crippen LogP contribution is 2.16. The Morgan fingerprint density at radius 3 is 2.60 bits per heavy atom. The summed E-state index contributed by atoms with van der Waals surface area (Å²) < 4.78 is 26.3. The summed E-state index contributed by atoms with van der Waals surface area (Å²) in [7, 11) is 1.90. The molecule has 0 unspecified atom stereocenters. The van der Waals surface area contributed by atoms with Crippen LogP contribution >= 0.6 is 0 Å². The number of hydrogen-bond donors (Lipinski definition) is 2. The predicted octanol–water partition coefficient (Wildman–Crippen LogP) is 0.0914. The Morgan fingerprint density at radius 1 is 1.30 bits per heavy atom. The van der Waals surface area contributed by atoms with Crippen LogP contribution in [0.2, 0.25) is 0 Å². The van der Waals surface area contributed by atoms with Crippen LogP contribution in [-0.2, 0) is 16.6 Å². The largest absolute Gasteiger partial charge is 0.313 e. The van der Waals surface area contributed by atoms with Gasteiger partial charge in [0.15, 0.2) is 5.03 Å². The maximum Gasteiger partial charge on any atom is 0.260 e. The minimum atomic E-state index is -3.51. The van der Waals surface area contributed by atoms with Crippen LogP contribution in [0.15, 0.2) is 11.2 Å². The van der Waals surface area contributed by atoms with Crippen LogP contribution in [0.4, 0.5) is 0 Å². The highest BCUT2D eigenvalue weighted by Gasteiger charge is 2.25. The Hall–Kier alpha value is -0.960. The summed E-state index contributed by atoms with van der Waals surface area (Å²) in [6, 6.07) is 0. The van der Waals surface area contributed by atoms with Crippen molar-refractivity contribution in [3.05, 3.63) is 11.8 Å². The molecule has 0 aliphatic carbocycles. The van der Waals surface area contributed by atoms with Crippen molar-refractivity contribution in [2.75, 3.05) is 40.8 Å². The van der Waals surface area contributed by atoms with Gasteiger partial charge >= 0.3 is 0 Å². The molecule has 0 aromatic carbocycles. The van der Waals surface area contributed by atoms with Crippen molar-refractivity contribution in [1.29, 1.82) is 0 Å². The van der Waals surface area contributed by atoms with Crippen LogP contribution in [0.25, 0.3) is 0 Å². The van der Waals surface area contributed by atoms with Crippen LogP contribution < -0.4 is 5.32 Å². The van der Waals surface area contributed by atoms with Crippen molar-refractivity contribution in [3.63, 3.8) is 0 Å². The second-order valence-electron chi connectivity index (χ2n) is 5.03. The second-order valence-corrected chi connectivity index (χ2v) is 7.01. The molecule has 1 aromatic heterocycles. The molecule has 20 heavy (non-hydrogen) atoms. The van der Waals surface area contributed by atoms with Crippen molar-refractivity contribution in [2.45, 2.75) is 24.9 Å². The van der Waals surface area contributed by atoms with Gasteiger partial charge in [0, 0.05) is 32.2 Å². The zero-order valence-electron chi connectivity index (χ0n) is 12.7. The van der Waals surface area contributed by atoms with E-state index in [2.05, 4.69) is 22.4 Å². The number of nitrogens with zero attached hydrogens (tertiary/aromatic N) is 3. The van der Waals surface area contributed by atoms with Gasteiger partial charge in [0.25, 0.3) is 10.0 Å². The lowest BCUT2D eigenvalue weighted by Gasteiger charge is -2.19. The van der Waals surface area contributed by atoms with Crippen molar-refractivity contribution >= 4 is 10.0 Å². The van der Waals surface area contributed by atoms with E-state index in [1.165, 1.54) is 4.31 Å². The Labute approximate surface area is 121 Å². The van der Waals surface area contributed by atoms with E-state index >= 15 is 0 Å². The number of H-pyrrole nitrogens is 1. The van der Waals surface area contributed by atoms with E-state index in [1.54, 1.807) is 13.2 Å². The molecule has 2 N–H and O–H groups in total. The van der Waals surface area contributed by atoms with Gasteiger partial charge in [-0.2, -0.15) is 9.40 Å². The van der Waals surface area contributed by atoms with Gasteiger partial charge in [0.1, 0.15) is 0 Å². The molecule has 0 saturated carbocycles. The molecule has 0 bridgehead atoms. The number of nitrogens with one attached hydrogen (secondary N) is 2. The molecule has 0 aliphatic heterocycles. The fraction of sp³-hybridized carbons (Fsp3) is 0.750. The second kappa shape index (κ2) is 7.72. The van der Waals surface area contributed by atoms with Crippen molar-refractivity contribution < 1.29 is 8.42 Å². The van der Waals surface area contributed by atoms with Crippen LogP contribution in [0, 0.1) is 0 Å². The van der Waals surface area contributed by atoms with E-state index in [1.807, 2.05) is 19.0 Å². The van der Waals surface area contributed by atoms with E-state index in [0.717, 1.165) is 13.0 Å². The maximum atomic E-state index is 12.5. The SMILES string of the molecule is CCCNCc1cn[nH]c1S(=O)(=O)N(C)CCN(C)C. The third-order valence-corrected chi connectivity index (χ3v) is 4.82. The highest BCUT2D eigenvalue weighted by atomic mass is 32.2. The summed E-state index contributed by atoms with van der Waals surface area (Å²) in [4.78, 5) is 1.95. The first-order valence-electron chi connectivity index (χ1n) is 6.73. The number of sulfonamides is 1. The van der Waals surface area contributed by atoms with Gasteiger partial charge in [-0.3, -0.25) is 5.10 Å². The maximum absolute atomic E-state index is 12.5. The summed E-state index contributed by atoms with van der Waals surface area (Å²) in [5.41, 5.74) is 0.676. The normalized spacial score (nSPS) is 12.5. The molecule has 1 aromatic rings. The zero-order valence-corrected chi connectivity index (χ0v) is 13.5. The monoisotopic (exact) mass is 303 g/mol. The smallest absolute Gasteiger partial charge is 0.260 e. The van der Waals surface area contributed by atoms with E-state index < -0.39 is 10.0 Å². The molecule has 0 atom stereocenters. The number of aromatic nitrogens is 2. The third-order valence-electron chi connectivity index (χ3n) is 2.95. The molecule has 0 aliphatic rings. The Bertz CT molecular complexity index is 498. The van der Waals surface area contributed by atoms with Gasteiger partial charge in [-0.25, -0.2) is 8.42 Å². The minimum Gasteiger partial charge on any atom is -0.313 e. The van der Waals surface area contributed by atoms with Crippen LogP contribution in [0.1, 0.15) is 18.9 Å². The van der Waals surface area contributed by atoms with E-state index in [9.17, 15) is 8.42 Å². The molecule has 116 valence electrons. The molecule has 7 nitrogen and oxygen atoms in total. The summed E-state index contributed by atoms with van der Waals surface area (Å²) in [6.07, 6.45) is 2.57. The van der Waals surface area contributed by atoms with Crippen molar-refractivity contribution in [1.82, 2.24) is 24.7 Å². The summed E-state index contributed by atoms with van der Waals surface area (Å²) in [5, 5.41) is 9.84. The van der Waals surface area contributed by atoms with Crippen molar-refractivity contribution in [3.8, 4) is 0 Å². The lowest BCUT2D eigenvalue weighted by Crippen LogP contribution is -2.34. The first-order chi connectivity index (χ1) is 9.39. The predicted molar refractivity (Wildman–Crippen MR) is 79.0 cm³/mol. The molecule has 1 heterocycles. The van der Waals surface area contributed by atoms with Crippen LogP contribution in [0.5, 0.6) is 0 Å². The topological polar surface area (TPSA) is 81.3 Å². The van der Waals surface area contributed by atoms with Gasteiger partial charge in [0.05, 0.1) is 6.20 Å². The van der Waals surface area contributed by atoms with Gasteiger partial charge in [-0.15, -0.1) is 0 Å². The van der Waals surface area contributed by atoms with E-state index in [4.69, 9.17) is 0 Å². The Balaban J connectivity index is 2.79. The molecule has 0 spiro atoms. The molecule has 1 rings (SSSR count). The first kappa shape index (κ1) is 17.1. The first-order valence-corrected chi connectivity index (χ1v) is 8.17. The van der Waals surface area contributed by atoms with Crippen molar-refractivity contribution in [2.24, 2.45) is 0 Å². The number of likely N-dealkylation sites (N-methyl/N-ethyl adjacent to an activating group) is 2. The molecule has 0 saturated heterocycles. The molecule has 0 amide bonds. The molecule has 0 radical (unpaired) electrons. The van der Waals surface area contributed by atoms with Gasteiger partial charge in [-0.05, 0) is 27.1 Å². The lowest BCUT2D eigenvalue weighted by atomic mass is 10.3. The van der Waals surface area contributed by atoms with E-state index in [0.29, 0.717) is 25.2 Å². The molecule has 8 heteroatoms. The summed E-state index contributed by atoms with van der Waals surface area (Å²) >= 11 is 0. The zero-order chi connectivity index (χ0) is 15.2. The fourth-order valence-electron chi connectivity index (χ4n) is 1.67. The number of hydrogen-bond acceptors (Lipinski definition) is 5. The third kappa shape index (κ3) is 4.55.